The Morgan fingerprint density at radius 1 is 0.789 bits per heavy atom. The molecule has 4 aromatic rings. The summed E-state index contributed by atoms with van der Waals surface area (Å²) in [5.74, 6) is 2.01. The maximum atomic E-state index is 13.8. The molecule has 1 heterocycles. The lowest BCUT2D eigenvalue weighted by atomic mass is 10.1. The van der Waals surface area contributed by atoms with Crippen LogP contribution in [0.1, 0.15) is 27.0 Å². The molecule has 1 N–H and O–H groups in total. The zero-order valence-corrected chi connectivity index (χ0v) is 22.3. The number of aromatic nitrogens is 1. The molecule has 8 heteroatoms. The van der Waals surface area contributed by atoms with Crippen LogP contribution in [0.15, 0.2) is 65.5 Å². The quantitative estimate of drug-likeness (QED) is 0.327. The van der Waals surface area contributed by atoms with E-state index >= 15 is 0 Å². The number of aryl methyl sites for hydroxylation is 1. The van der Waals surface area contributed by atoms with E-state index in [4.69, 9.17) is 18.9 Å². The summed E-state index contributed by atoms with van der Waals surface area (Å²) in [4.78, 5) is 31.4. The SMILES string of the molecule is COc1ccc(CCN(Cc2cc3ccc(C)cc3[nH]c2=O)C(=O)c2ccc(OC)c(OC)c2)cc1OC. The standard InChI is InChI=1S/C30H32N2O6/c1-19-6-8-21-16-23(29(33)31-24(21)14-19)18-32(13-12-20-7-10-25(35-2)27(15-20)37-4)30(34)22-9-11-26(36-3)28(17-22)38-5/h6-11,14-17H,12-13,18H2,1-5H3,(H,31,33). The smallest absolute Gasteiger partial charge is 0.254 e. The van der Waals surface area contributed by atoms with Crippen molar-refractivity contribution in [1.82, 2.24) is 9.88 Å². The van der Waals surface area contributed by atoms with Gasteiger partial charge in [0.2, 0.25) is 0 Å². The van der Waals surface area contributed by atoms with Gasteiger partial charge in [0.25, 0.3) is 11.5 Å². The highest BCUT2D eigenvalue weighted by molar-refractivity contribution is 5.95. The summed E-state index contributed by atoms with van der Waals surface area (Å²) in [5, 5.41) is 0.906. The average molecular weight is 517 g/mol. The van der Waals surface area contributed by atoms with Crippen LogP contribution in [0.5, 0.6) is 23.0 Å². The lowest BCUT2D eigenvalue weighted by Gasteiger charge is -2.24. The minimum atomic E-state index is -0.227. The number of pyridine rings is 1. The maximum absolute atomic E-state index is 13.8. The van der Waals surface area contributed by atoms with Gasteiger partial charge in [-0.05, 0) is 72.3 Å². The molecule has 38 heavy (non-hydrogen) atoms. The molecule has 0 saturated carbocycles. The van der Waals surface area contributed by atoms with Gasteiger partial charge in [0.15, 0.2) is 23.0 Å². The fourth-order valence-corrected chi connectivity index (χ4v) is 4.39. The molecule has 8 nitrogen and oxygen atoms in total. The van der Waals surface area contributed by atoms with E-state index in [1.54, 1.807) is 44.4 Å². The zero-order chi connectivity index (χ0) is 27.2. The van der Waals surface area contributed by atoms with Crippen LogP contribution in [0.4, 0.5) is 0 Å². The topological polar surface area (TPSA) is 90.1 Å². The number of nitrogens with one attached hydrogen (secondary N) is 1. The normalized spacial score (nSPS) is 10.8. The van der Waals surface area contributed by atoms with Crippen LogP contribution in [-0.2, 0) is 13.0 Å². The van der Waals surface area contributed by atoms with Crippen molar-refractivity contribution in [3.05, 3.63) is 93.3 Å². The van der Waals surface area contributed by atoms with E-state index in [9.17, 15) is 9.59 Å². The number of aromatic amines is 1. The summed E-state index contributed by atoms with van der Waals surface area (Å²) in [6.07, 6.45) is 0.546. The number of hydrogen-bond donors (Lipinski definition) is 1. The predicted octanol–water partition coefficient (Wildman–Crippen LogP) is 4.76. The number of rotatable bonds is 10. The number of nitrogens with zero attached hydrogens (tertiary/aromatic N) is 1. The highest BCUT2D eigenvalue weighted by Crippen LogP contribution is 2.29. The van der Waals surface area contributed by atoms with E-state index in [0.29, 0.717) is 47.1 Å². The summed E-state index contributed by atoms with van der Waals surface area (Å²) >= 11 is 0. The summed E-state index contributed by atoms with van der Waals surface area (Å²) in [6.45, 7) is 2.48. The number of ether oxygens (including phenoxy) is 4. The van der Waals surface area contributed by atoms with Gasteiger partial charge in [-0.1, -0.05) is 18.2 Å². The Morgan fingerprint density at radius 2 is 1.45 bits per heavy atom. The van der Waals surface area contributed by atoms with Crippen molar-refractivity contribution in [2.24, 2.45) is 0 Å². The number of carbonyl (C=O) groups is 1. The first-order chi connectivity index (χ1) is 18.4. The van der Waals surface area contributed by atoms with Crippen molar-refractivity contribution < 1.29 is 23.7 Å². The predicted molar refractivity (Wildman–Crippen MR) is 147 cm³/mol. The van der Waals surface area contributed by atoms with E-state index in [0.717, 1.165) is 22.0 Å². The molecule has 0 bridgehead atoms. The van der Waals surface area contributed by atoms with Gasteiger partial charge in [0, 0.05) is 23.2 Å². The van der Waals surface area contributed by atoms with Crippen molar-refractivity contribution >= 4 is 16.8 Å². The van der Waals surface area contributed by atoms with Crippen LogP contribution < -0.4 is 24.5 Å². The fourth-order valence-electron chi connectivity index (χ4n) is 4.39. The van der Waals surface area contributed by atoms with Gasteiger partial charge in [0.1, 0.15) is 0 Å². The molecule has 0 atom stereocenters. The van der Waals surface area contributed by atoms with Crippen LogP contribution in [0, 0.1) is 6.92 Å². The number of methoxy groups -OCH3 is 4. The van der Waals surface area contributed by atoms with Gasteiger partial charge in [-0.25, -0.2) is 0 Å². The largest absolute Gasteiger partial charge is 0.493 e. The van der Waals surface area contributed by atoms with Gasteiger partial charge >= 0.3 is 0 Å². The summed E-state index contributed by atoms with van der Waals surface area (Å²) in [7, 11) is 6.24. The van der Waals surface area contributed by atoms with Gasteiger partial charge in [-0.15, -0.1) is 0 Å². The molecule has 1 amide bonds. The first-order valence-corrected chi connectivity index (χ1v) is 12.2. The van der Waals surface area contributed by atoms with Crippen molar-refractivity contribution in [2.75, 3.05) is 35.0 Å². The Hall–Kier alpha value is -4.46. The number of hydrogen-bond acceptors (Lipinski definition) is 6. The highest BCUT2D eigenvalue weighted by Gasteiger charge is 2.20. The van der Waals surface area contributed by atoms with Crippen molar-refractivity contribution in [3.8, 4) is 23.0 Å². The summed E-state index contributed by atoms with van der Waals surface area (Å²) in [5.41, 5.74) is 3.50. The molecule has 198 valence electrons. The van der Waals surface area contributed by atoms with E-state index in [-0.39, 0.29) is 18.0 Å². The molecule has 1 aromatic heterocycles. The Balaban J connectivity index is 1.68. The first-order valence-electron chi connectivity index (χ1n) is 12.2. The first kappa shape index (κ1) is 26.6. The second kappa shape index (κ2) is 11.7. The number of benzene rings is 3. The van der Waals surface area contributed by atoms with E-state index in [1.807, 2.05) is 49.4 Å². The van der Waals surface area contributed by atoms with Gasteiger partial charge in [-0.2, -0.15) is 0 Å². The van der Waals surface area contributed by atoms with Crippen molar-refractivity contribution in [3.63, 3.8) is 0 Å². The number of carbonyl (C=O) groups excluding carboxylic acids is 1. The number of H-pyrrole nitrogens is 1. The monoisotopic (exact) mass is 516 g/mol. The van der Waals surface area contributed by atoms with Crippen LogP contribution >= 0.6 is 0 Å². The molecule has 0 aliphatic rings. The second-order valence-corrected chi connectivity index (χ2v) is 8.95. The Morgan fingerprint density at radius 3 is 2.13 bits per heavy atom. The van der Waals surface area contributed by atoms with Gasteiger partial charge in [0.05, 0.1) is 35.0 Å². The Kier molecular flexibility index (Phi) is 8.21. The van der Waals surface area contributed by atoms with E-state index < -0.39 is 0 Å². The van der Waals surface area contributed by atoms with Gasteiger partial charge < -0.3 is 28.8 Å². The van der Waals surface area contributed by atoms with Crippen LogP contribution in [0.25, 0.3) is 10.9 Å². The lowest BCUT2D eigenvalue weighted by molar-refractivity contribution is 0.0744. The van der Waals surface area contributed by atoms with Crippen LogP contribution in [0.3, 0.4) is 0 Å². The molecular weight excluding hydrogens is 484 g/mol. The van der Waals surface area contributed by atoms with Gasteiger partial charge in [-0.3, -0.25) is 9.59 Å². The van der Waals surface area contributed by atoms with E-state index in [2.05, 4.69) is 4.98 Å². The molecule has 0 saturated heterocycles. The molecule has 0 fully saturated rings. The third-order valence-corrected chi connectivity index (χ3v) is 6.48. The van der Waals surface area contributed by atoms with E-state index in [1.165, 1.54) is 7.11 Å². The Labute approximate surface area is 221 Å². The summed E-state index contributed by atoms with van der Waals surface area (Å²) < 4.78 is 21.5. The fraction of sp³-hybridized carbons (Fsp3) is 0.267. The van der Waals surface area contributed by atoms with Crippen molar-refractivity contribution in [2.45, 2.75) is 19.9 Å². The average Bonchev–Trinajstić information content (AvgIpc) is 2.94. The molecule has 0 radical (unpaired) electrons. The zero-order valence-electron chi connectivity index (χ0n) is 22.3. The second-order valence-electron chi connectivity index (χ2n) is 8.95. The molecule has 0 aliphatic carbocycles. The summed E-state index contributed by atoms with van der Waals surface area (Å²) in [6, 6.07) is 18.5. The molecule has 0 aliphatic heterocycles. The highest BCUT2D eigenvalue weighted by atomic mass is 16.5. The number of amides is 1. The Bertz CT molecular complexity index is 1510. The van der Waals surface area contributed by atoms with Crippen molar-refractivity contribution in [1.29, 1.82) is 0 Å². The molecule has 3 aromatic carbocycles. The number of fused-ring (bicyclic) bond motifs is 1. The maximum Gasteiger partial charge on any atom is 0.254 e. The molecule has 0 spiro atoms. The minimum absolute atomic E-state index is 0.139. The molecular formula is C30H32N2O6. The van der Waals surface area contributed by atoms with Crippen LogP contribution in [-0.4, -0.2) is 50.8 Å². The molecule has 0 unspecified atom stereocenters. The third-order valence-electron chi connectivity index (χ3n) is 6.48. The lowest BCUT2D eigenvalue weighted by Crippen LogP contribution is -2.34. The third kappa shape index (κ3) is 5.75. The molecule has 4 rings (SSSR count). The van der Waals surface area contributed by atoms with Crippen LogP contribution in [0.2, 0.25) is 0 Å². The minimum Gasteiger partial charge on any atom is -0.493 e.